The van der Waals surface area contributed by atoms with E-state index in [9.17, 15) is 13.2 Å². The molecular formula is C11H14ClNO4S. The lowest BCUT2D eigenvalue weighted by Gasteiger charge is -2.23. The van der Waals surface area contributed by atoms with E-state index in [1.54, 1.807) is 0 Å². The fourth-order valence-electron chi connectivity index (χ4n) is 1.40. The minimum Gasteiger partial charge on any atom is -0.478 e. The maximum atomic E-state index is 12.0. The van der Waals surface area contributed by atoms with Crippen LogP contribution in [0.4, 0.5) is 5.69 Å². The minimum atomic E-state index is -3.59. The standard InChI is InChI=1S/C11H14ClNO4S/c1-7(2)18(16,17)13(3)10-6-8(12)4-5-9(10)11(14)15/h4-7H,1-3H3,(H,14,15). The highest BCUT2D eigenvalue weighted by molar-refractivity contribution is 7.93. The van der Waals surface area contributed by atoms with Gasteiger partial charge in [0, 0.05) is 12.1 Å². The lowest BCUT2D eigenvalue weighted by Crippen LogP contribution is -2.34. The summed E-state index contributed by atoms with van der Waals surface area (Å²) in [5, 5.41) is 8.67. The van der Waals surface area contributed by atoms with Gasteiger partial charge in [-0.3, -0.25) is 4.31 Å². The number of benzene rings is 1. The molecule has 0 saturated heterocycles. The summed E-state index contributed by atoms with van der Waals surface area (Å²) in [6.45, 7) is 3.05. The van der Waals surface area contributed by atoms with Crippen molar-refractivity contribution < 1.29 is 18.3 Å². The van der Waals surface area contributed by atoms with Gasteiger partial charge in [-0.25, -0.2) is 13.2 Å². The Morgan fingerprint density at radius 2 is 1.94 bits per heavy atom. The fourth-order valence-corrected chi connectivity index (χ4v) is 2.62. The Balaban J connectivity index is 3.41. The third-order valence-electron chi connectivity index (χ3n) is 2.51. The molecule has 1 aromatic rings. The highest BCUT2D eigenvalue weighted by Gasteiger charge is 2.26. The third kappa shape index (κ3) is 2.76. The van der Waals surface area contributed by atoms with E-state index in [2.05, 4.69) is 0 Å². The van der Waals surface area contributed by atoms with Crippen LogP contribution in [0.15, 0.2) is 18.2 Å². The van der Waals surface area contributed by atoms with Crippen molar-refractivity contribution >= 4 is 33.3 Å². The largest absolute Gasteiger partial charge is 0.478 e. The van der Waals surface area contributed by atoms with Crippen LogP contribution in [0.1, 0.15) is 24.2 Å². The van der Waals surface area contributed by atoms with E-state index < -0.39 is 21.2 Å². The molecule has 0 aliphatic carbocycles. The van der Waals surface area contributed by atoms with Gasteiger partial charge in [0.15, 0.2) is 0 Å². The Hall–Kier alpha value is -1.27. The number of carbonyl (C=O) groups is 1. The van der Waals surface area contributed by atoms with Gasteiger partial charge < -0.3 is 5.11 Å². The molecule has 0 aromatic heterocycles. The van der Waals surface area contributed by atoms with E-state index in [0.29, 0.717) is 0 Å². The van der Waals surface area contributed by atoms with Crippen molar-refractivity contribution in [1.82, 2.24) is 0 Å². The minimum absolute atomic E-state index is 0.0590. The molecule has 1 N–H and O–H groups in total. The summed E-state index contributed by atoms with van der Waals surface area (Å²) >= 11 is 5.78. The first-order valence-corrected chi connectivity index (χ1v) is 7.06. The molecular weight excluding hydrogens is 278 g/mol. The lowest BCUT2D eigenvalue weighted by molar-refractivity contribution is 0.0698. The molecule has 0 radical (unpaired) electrons. The van der Waals surface area contributed by atoms with Crippen LogP contribution in [0.3, 0.4) is 0 Å². The van der Waals surface area contributed by atoms with Gasteiger partial charge >= 0.3 is 5.97 Å². The Morgan fingerprint density at radius 1 is 1.39 bits per heavy atom. The number of nitrogens with zero attached hydrogens (tertiary/aromatic N) is 1. The number of anilines is 1. The van der Waals surface area contributed by atoms with Gasteiger partial charge in [0.05, 0.1) is 16.5 Å². The van der Waals surface area contributed by atoms with E-state index in [-0.39, 0.29) is 16.3 Å². The third-order valence-corrected chi connectivity index (χ3v) is 4.89. The molecule has 100 valence electrons. The Morgan fingerprint density at radius 3 is 2.39 bits per heavy atom. The van der Waals surface area contributed by atoms with Crippen molar-refractivity contribution in [2.75, 3.05) is 11.4 Å². The van der Waals surface area contributed by atoms with Crippen LogP contribution < -0.4 is 4.31 Å². The Bertz CT molecular complexity index is 568. The molecule has 0 unspecified atom stereocenters. The molecule has 0 atom stereocenters. The van der Waals surface area contributed by atoms with Crippen molar-refractivity contribution in [1.29, 1.82) is 0 Å². The molecule has 0 spiro atoms. The zero-order valence-electron chi connectivity index (χ0n) is 10.2. The van der Waals surface area contributed by atoms with Crippen molar-refractivity contribution in [2.45, 2.75) is 19.1 Å². The normalized spacial score (nSPS) is 11.6. The second-order valence-electron chi connectivity index (χ2n) is 4.03. The number of aromatic carboxylic acids is 1. The second-order valence-corrected chi connectivity index (χ2v) is 6.98. The van der Waals surface area contributed by atoms with Gasteiger partial charge in [-0.05, 0) is 32.0 Å². The van der Waals surface area contributed by atoms with Gasteiger partial charge in [0.1, 0.15) is 0 Å². The molecule has 0 aliphatic heterocycles. The molecule has 5 nitrogen and oxygen atoms in total. The van der Waals surface area contributed by atoms with Gasteiger partial charge in [-0.15, -0.1) is 0 Å². The summed E-state index contributed by atoms with van der Waals surface area (Å²) in [7, 11) is -2.28. The lowest BCUT2D eigenvalue weighted by atomic mass is 10.2. The zero-order chi connectivity index (χ0) is 14.1. The monoisotopic (exact) mass is 291 g/mol. The quantitative estimate of drug-likeness (QED) is 0.923. The van der Waals surface area contributed by atoms with Crippen LogP contribution in [0, 0.1) is 0 Å². The van der Waals surface area contributed by atoms with Gasteiger partial charge in [-0.1, -0.05) is 11.6 Å². The first-order chi connectivity index (χ1) is 8.17. The van der Waals surface area contributed by atoms with E-state index in [4.69, 9.17) is 16.7 Å². The summed E-state index contributed by atoms with van der Waals surface area (Å²) in [5.41, 5.74) is -0.0465. The average molecular weight is 292 g/mol. The van der Waals surface area contributed by atoms with Crippen LogP contribution in [0.5, 0.6) is 0 Å². The summed E-state index contributed by atoms with van der Waals surface area (Å²) in [4.78, 5) is 11.1. The van der Waals surface area contributed by atoms with Gasteiger partial charge in [0.25, 0.3) is 0 Å². The SMILES string of the molecule is CC(C)S(=O)(=O)N(C)c1cc(Cl)ccc1C(=O)O. The Kier molecular flexibility index (Phi) is 4.24. The maximum Gasteiger partial charge on any atom is 0.337 e. The highest BCUT2D eigenvalue weighted by atomic mass is 35.5. The zero-order valence-corrected chi connectivity index (χ0v) is 11.8. The number of carboxylic acids is 1. The van der Waals surface area contributed by atoms with Crippen molar-refractivity contribution in [3.63, 3.8) is 0 Å². The van der Waals surface area contributed by atoms with Crippen LogP contribution >= 0.6 is 11.6 Å². The van der Waals surface area contributed by atoms with Crippen molar-refractivity contribution in [2.24, 2.45) is 0 Å². The number of sulfonamides is 1. The van der Waals surface area contributed by atoms with Crippen molar-refractivity contribution in [3.8, 4) is 0 Å². The van der Waals surface area contributed by atoms with Crippen LogP contribution in [0.25, 0.3) is 0 Å². The molecule has 0 saturated carbocycles. The molecule has 1 rings (SSSR count). The molecule has 1 aromatic carbocycles. The van der Waals surface area contributed by atoms with Crippen molar-refractivity contribution in [3.05, 3.63) is 28.8 Å². The summed E-state index contributed by atoms with van der Waals surface area (Å²) < 4.78 is 25.0. The van der Waals surface area contributed by atoms with Crippen LogP contribution in [-0.2, 0) is 10.0 Å². The fraction of sp³-hybridized carbons (Fsp3) is 0.364. The smallest absolute Gasteiger partial charge is 0.337 e. The molecule has 18 heavy (non-hydrogen) atoms. The Labute approximate surface area is 111 Å². The molecule has 0 bridgehead atoms. The number of hydrogen-bond acceptors (Lipinski definition) is 3. The summed E-state index contributed by atoms with van der Waals surface area (Å²) in [6.07, 6.45) is 0. The first-order valence-electron chi connectivity index (χ1n) is 5.18. The summed E-state index contributed by atoms with van der Waals surface area (Å²) in [6, 6.07) is 4.02. The van der Waals surface area contributed by atoms with E-state index in [1.807, 2.05) is 0 Å². The topological polar surface area (TPSA) is 74.7 Å². The summed E-state index contributed by atoms with van der Waals surface area (Å²) in [5.74, 6) is -1.20. The number of rotatable bonds is 4. The number of hydrogen-bond donors (Lipinski definition) is 1. The number of carboxylic acid groups (broad SMARTS) is 1. The average Bonchev–Trinajstić information content (AvgIpc) is 2.27. The second kappa shape index (κ2) is 5.16. The van der Waals surface area contributed by atoms with Crippen LogP contribution in [-0.4, -0.2) is 31.8 Å². The molecule has 0 amide bonds. The molecule has 0 aliphatic rings. The molecule has 0 heterocycles. The number of halogens is 1. The predicted octanol–water partition coefficient (Wildman–Crippen LogP) is 2.21. The van der Waals surface area contributed by atoms with Gasteiger partial charge in [0.2, 0.25) is 10.0 Å². The predicted molar refractivity (Wildman–Crippen MR) is 70.9 cm³/mol. The van der Waals surface area contributed by atoms with Crippen LogP contribution in [0.2, 0.25) is 5.02 Å². The van der Waals surface area contributed by atoms with E-state index in [1.165, 1.54) is 39.1 Å². The highest BCUT2D eigenvalue weighted by Crippen LogP contribution is 2.27. The maximum absolute atomic E-state index is 12.0. The molecule has 0 fully saturated rings. The van der Waals surface area contributed by atoms with Gasteiger partial charge in [-0.2, -0.15) is 0 Å². The first kappa shape index (κ1) is 14.8. The van der Waals surface area contributed by atoms with E-state index >= 15 is 0 Å². The van der Waals surface area contributed by atoms with E-state index in [0.717, 1.165) is 4.31 Å². The molecule has 7 heteroatoms.